The van der Waals surface area contributed by atoms with E-state index in [2.05, 4.69) is 5.32 Å². The Morgan fingerprint density at radius 1 is 1.10 bits per heavy atom. The number of nitrogens with zero attached hydrogens (tertiary/aromatic N) is 1. The molecule has 0 spiro atoms. The molecule has 3 rings (SSSR count). The molecule has 0 aliphatic carbocycles. The molecule has 1 aliphatic heterocycles. The van der Waals surface area contributed by atoms with Gasteiger partial charge in [0.25, 0.3) is 5.91 Å². The number of benzene rings is 2. The van der Waals surface area contributed by atoms with Crippen LogP contribution >= 0.6 is 0 Å². The van der Waals surface area contributed by atoms with Gasteiger partial charge in [0.2, 0.25) is 12.5 Å². The van der Waals surface area contributed by atoms with Crippen LogP contribution in [0.5, 0.6) is 28.7 Å². The maximum absolute atomic E-state index is 12.4. The van der Waals surface area contributed by atoms with Crippen LogP contribution in [0.3, 0.4) is 0 Å². The van der Waals surface area contributed by atoms with Crippen molar-refractivity contribution in [2.75, 3.05) is 34.7 Å². The molecular weight excluding hydrogens is 388 g/mol. The Balaban J connectivity index is 1.66. The molecule has 0 radical (unpaired) electrons. The summed E-state index contributed by atoms with van der Waals surface area (Å²) in [5.74, 6) is 2.28. The Labute approximate surface area is 174 Å². The summed E-state index contributed by atoms with van der Waals surface area (Å²) in [7, 11) is 4.65. The van der Waals surface area contributed by atoms with E-state index in [1.54, 1.807) is 26.4 Å². The van der Waals surface area contributed by atoms with Gasteiger partial charge < -0.3 is 29.0 Å². The van der Waals surface area contributed by atoms with Crippen molar-refractivity contribution in [1.82, 2.24) is 5.32 Å². The van der Waals surface area contributed by atoms with Crippen molar-refractivity contribution in [2.24, 2.45) is 0 Å². The molecule has 0 fully saturated rings. The van der Waals surface area contributed by atoms with E-state index in [-0.39, 0.29) is 12.4 Å². The molecule has 1 amide bonds. The van der Waals surface area contributed by atoms with E-state index >= 15 is 0 Å². The summed E-state index contributed by atoms with van der Waals surface area (Å²) >= 11 is 0. The molecule has 8 heteroatoms. The number of carbonyl (C=O) groups is 1. The van der Waals surface area contributed by atoms with Crippen LogP contribution in [0.25, 0.3) is 6.08 Å². The largest absolute Gasteiger partial charge is 0.493 e. The molecule has 1 heterocycles. The Hall–Kier alpha value is -3.86. The summed E-state index contributed by atoms with van der Waals surface area (Å²) in [5, 5.41) is 12.2. The number of amides is 1. The van der Waals surface area contributed by atoms with Crippen LogP contribution in [-0.4, -0.2) is 40.6 Å². The van der Waals surface area contributed by atoms with E-state index in [0.29, 0.717) is 47.3 Å². The second-order valence-corrected chi connectivity index (χ2v) is 6.32. The first kappa shape index (κ1) is 20.9. The Bertz CT molecular complexity index is 1010. The number of carbonyl (C=O) groups excluding carboxylic acids is 1. The minimum atomic E-state index is -0.463. The number of hydrogen-bond acceptors (Lipinski definition) is 7. The summed E-state index contributed by atoms with van der Waals surface area (Å²) < 4.78 is 26.5. The van der Waals surface area contributed by atoms with Gasteiger partial charge in [0.05, 0.1) is 21.3 Å². The molecule has 0 aromatic heterocycles. The second-order valence-electron chi connectivity index (χ2n) is 6.32. The molecular formula is C22H22N2O6. The van der Waals surface area contributed by atoms with Gasteiger partial charge in [0.1, 0.15) is 11.6 Å². The van der Waals surface area contributed by atoms with E-state index in [9.17, 15) is 10.1 Å². The first-order chi connectivity index (χ1) is 14.6. The number of ether oxygens (including phenoxy) is 5. The fraction of sp³-hybridized carbons (Fsp3) is 0.273. The maximum atomic E-state index is 12.4. The van der Waals surface area contributed by atoms with Crippen molar-refractivity contribution in [3.05, 3.63) is 47.0 Å². The van der Waals surface area contributed by atoms with Crippen LogP contribution in [0.1, 0.15) is 11.1 Å². The molecule has 0 atom stereocenters. The molecule has 2 aromatic carbocycles. The van der Waals surface area contributed by atoms with Crippen molar-refractivity contribution >= 4 is 12.0 Å². The van der Waals surface area contributed by atoms with Gasteiger partial charge >= 0.3 is 0 Å². The predicted molar refractivity (Wildman–Crippen MR) is 109 cm³/mol. The van der Waals surface area contributed by atoms with Gasteiger partial charge in [-0.15, -0.1) is 0 Å². The average Bonchev–Trinajstić information content (AvgIpc) is 3.25. The normalized spacial score (nSPS) is 12.1. The SMILES string of the molecule is COc1ccc(CCNC(=O)/C(C#N)=C/c2cc(OC)c3c(c2)OCO3)cc1OC. The predicted octanol–water partition coefficient (Wildman–Crippen LogP) is 2.71. The quantitative estimate of drug-likeness (QED) is 0.528. The Morgan fingerprint density at radius 3 is 2.57 bits per heavy atom. The lowest BCUT2D eigenvalue weighted by atomic mass is 10.1. The molecule has 8 nitrogen and oxygen atoms in total. The van der Waals surface area contributed by atoms with Crippen molar-refractivity contribution in [2.45, 2.75) is 6.42 Å². The summed E-state index contributed by atoms with van der Waals surface area (Å²) in [6, 6.07) is 10.9. The lowest BCUT2D eigenvalue weighted by Crippen LogP contribution is -2.26. The van der Waals surface area contributed by atoms with Crippen molar-refractivity contribution in [3.63, 3.8) is 0 Å². The molecule has 156 valence electrons. The van der Waals surface area contributed by atoms with Gasteiger partial charge in [0.15, 0.2) is 23.0 Å². The number of fused-ring (bicyclic) bond motifs is 1. The van der Waals surface area contributed by atoms with Gasteiger partial charge in [-0.05, 0) is 47.9 Å². The summed E-state index contributed by atoms with van der Waals surface area (Å²) in [5.41, 5.74) is 1.54. The minimum Gasteiger partial charge on any atom is -0.493 e. The number of rotatable bonds is 8. The van der Waals surface area contributed by atoms with E-state index in [1.165, 1.54) is 13.2 Å². The number of methoxy groups -OCH3 is 3. The number of nitriles is 1. The van der Waals surface area contributed by atoms with Crippen LogP contribution in [0, 0.1) is 11.3 Å². The lowest BCUT2D eigenvalue weighted by Gasteiger charge is -2.10. The highest BCUT2D eigenvalue weighted by atomic mass is 16.7. The molecule has 0 bridgehead atoms. The molecule has 0 saturated heterocycles. The van der Waals surface area contributed by atoms with Crippen molar-refractivity contribution in [3.8, 4) is 34.8 Å². The van der Waals surface area contributed by atoms with Crippen LogP contribution in [0.2, 0.25) is 0 Å². The molecule has 0 saturated carbocycles. The van der Waals surface area contributed by atoms with Crippen molar-refractivity contribution < 1.29 is 28.5 Å². The van der Waals surface area contributed by atoms with Gasteiger partial charge in [-0.3, -0.25) is 4.79 Å². The highest BCUT2D eigenvalue weighted by molar-refractivity contribution is 6.01. The van der Waals surface area contributed by atoms with Crippen LogP contribution in [0.4, 0.5) is 0 Å². The van der Waals surface area contributed by atoms with Crippen LogP contribution in [-0.2, 0) is 11.2 Å². The first-order valence-corrected chi connectivity index (χ1v) is 9.18. The molecule has 1 N–H and O–H groups in total. The standard InChI is InChI=1S/C22H22N2O6/c1-26-17-5-4-14(9-18(17)27-2)6-7-24-22(25)16(12-23)8-15-10-19(28-3)21-20(11-15)29-13-30-21/h4-5,8-11H,6-7,13H2,1-3H3,(H,24,25)/b16-8+. The first-order valence-electron chi connectivity index (χ1n) is 9.18. The van der Waals surface area contributed by atoms with Gasteiger partial charge in [0, 0.05) is 6.54 Å². The third-order valence-electron chi connectivity index (χ3n) is 4.50. The Morgan fingerprint density at radius 2 is 1.87 bits per heavy atom. The zero-order valence-corrected chi connectivity index (χ0v) is 17.0. The highest BCUT2D eigenvalue weighted by Gasteiger charge is 2.20. The summed E-state index contributed by atoms with van der Waals surface area (Å²) in [4.78, 5) is 12.4. The number of nitrogens with one attached hydrogen (secondary N) is 1. The van der Waals surface area contributed by atoms with Gasteiger partial charge in [-0.2, -0.15) is 5.26 Å². The topological polar surface area (TPSA) is 99.0 Å². The third kappa shape index (κ3) is 4.58. The van der Waals surface area contributed by atoms with E-state index in [1.807, 2.05) is 24.3 Å². The van der Waals surface area contributed by atoms with E-state index in [0.717, 1.165) is 5.56 Å². The number of hydrogen-bond donors (Lipinski definition) is 1. The van der Waals surface area contributed by atoms with Gasteiger partial charge in [-0.1, -0.05) is 6.07 Å². The minimum absolute atomic E-state index is 0.0248. The second kappa shape index (κ2) is 9.56. The average molecular weight is 410 g/mol. The highest BCUT2D eigenvalue weighted by Crippen LogP contribution is 2.42. The van der Waals surface area contributed by atoms with E-state index < -0.39 is 5.91 Å². The van der Waals surface area contributed by atoms with E-state index in [4.69, 9.17) is 23.7 Å². The fourth-order valence-corrected chi connectivity index (χ4v) is 3.00. The zero-order chi connectivity index (χ0) is 21.5. The molecule has 2 aromatic rings. The third-order valence-corrected chi connectivity index (χ3v) is 4.50. The zero-order valence-electron chi connectivity index (χ0n) is 17.0. The smallest absolute Gasteiger partial charge is 0.261 e. The molecule has 0 unspecified atom stereocenters. The van der Waals surface area contributed by atoms with Crippen LogP contribution < -0.4 is 29.0 Å². The summed E-state index contributed by atoms with van der Waals surface area (Å²) in [6.45, 7) is 0.457. The fourth-order valence-electron chi connectivity index (χ4n) is 3.00. The van der Waals surface area contributed by atoms with Crippen LogP contribution in [0.15, 0.2) is 35.9 Å². The molecule has 30 heavy (non-hydrogen) atoms. The maximum Gasteiger partial charge on any atom is 0.261 e. The Kier molecular flexibility index (Phi) is 6.65. The molecule has 1 aliphatic rings. The lowest BCUT2D eigenvalue weighted by molar-refractivity contribution is -0.117. The van der Waals surface area contributed by atoms with Crippen molar-refractivity contribution in [1.29, 1.82) is 5.26 Å². The monoisotopic (exact) mass is 410 g/mol. The van der Waals surface area contributed by atoms with Gasteiger partial charge in [-0.25, -0.2) is 0 Å². The summed E-state index contributed by atoms with van der Waals surface area (Å²) in [6.07, 6.45) is 2.05.